The first kappa shape index (κ1) is 32.0. The minimum atomic E-state index is -1.01. The van der Waals surface area contributed by atoms with E-state index in [4.69, 9.17) is 24.1 Å². The number of β-amino-alcohol motifs (C(OH)–C–C–N with tert-alkyl or cyclic N) is 1. The smallest absolute Gasteiger partial charge is 0.305 e. The van der Waals surface area contributed by atoms with Crippen LogP contribution < -0.4 is 9.47 Å². The molecule has 0 radical (unpaired) electrons. The number of likely N-dealkylation sites (tertiary alicyclic amines) is 1. The van der Waals surface area contributed by atoms with E-state index in [-0.39, 0.29) is 45.1 Å². The molecule has 2 atom stereocenters. The summed E-state index contributed by atoms with van der Waals surface area (Å²) in [5.41, 5.74) is 1.09. The van der Waals surface area contributed by atoms with E-state index < -0.39 is 23.1 Å². The van der Waals surface area contributed by atoms with Crippen molar-refractivity contribution in [2.45, 2.75) is 37.9 Å². The zero-order chi connectivity index (χ0) is 30.9. The fourth-order valence-corrected chi connectivity index (χ4v) is 5.40. The first-order valence-corrected chi connectivity index (χ1v) is 14.5. The molecule has 0 bridgehead atoms. The maximum atomic E-state index is 12.8. The number of hydrogen-bond donors (Lipinski definition) is 2. The summed E-state index contributed by atoms with van der Waals surface area (Å²) in [6, 6.07) is 25.6. The van der Waals surface area contributed by atoms with Crippen molar-refractivity contribution in [2.75, 3.05) is 47.1 Å². The Kier molecular flexibility index (Phi) is 10.8. The number of rotatable bonds is 14. The summed E-state index contributed by atoms with van der Waals surface area (Å²) in [4.78, 5) is 25.1. The average molecular weight is 592 g/mol. The van der Waals surface area contributed by atoms with Crippen LogP contribution in [-0.2, 0) is 24.7 Å². The summed E-state index contributed by atoms with van der Waals surface area (Å²) in [7, 11) is 3.26. The van der Waals surface area contributed by atoms with Gasteiger partial charge in [-0.2, -0.15) is 0 Å². The Balaban J connectivity index is 1.58. The standard InChI is InChI=1S/C34H41NO8/c1-33(19-20-35(23-30(33)36)31(37)17-21-42-22-18-32(38)39)24-43-34(25-7-5-4-6-8-25,26-9-13-28(40-2)14-10-26)27-11-15-29(41-3)16-12-27/h4-16,30,36H,17-24H2,1-3H3,(H,38,39). The van der Waals surface area contributed by atoms with Crippen molar-refractivity contribution in [2.24, 2.45) is 5.41 Å². The lowest BCUT2D eigenvalue weighted by Crippen LogP contribution is -2.54. The van der Waals surface area contributed by atoms with Crippen molar-refractivity contribution in [1.82, 2.24) is 4.90 Å². The molecule has 0 saturated carbocycles. The lowest BCUT2D eigenvalue weighted by atomic mass is 9.76. The van der Waals surface area contributed by atoms with Gasteiger partial charge in [-0.25, -0.2) is 0 Å². The molecule has 0 spiro atoms. The van der Waals surface area contributed by atoms with Crippen molar-refractivity contribution in [1.29, 1.82) is 0 Å². The van der Waals surface area contributed by atoms with Crippen molar-refractivity contribution in [3.8, 4) is 11.5 Å². The highest BCUT2D eigenvalue weighted by molar-refractivity contribution is 5.76. The van der Waals surface area contributed by atoms with Gasteiger partial charge in [-0.3, -0.25) is 9.59 Å². The zero-order valence-electron chi connectivity index (χ0n) is 25.0. The highest BCUT2D eigenvalue weighted by atomic mass is 16.5. The first-order chi connectivity index (χ1) is 20.7. The van der Waals surface area contributed by atoms with Crippen LogP contribution in [0.3, 0.4) is 0 Å². The average Bonchev–Trinajstić information content (AvgIpc) is 3.03. The second kappa shape index (κ2) is 14.5. The Hall–Kier alpha value is -3.92. The summed E-state index contributed by atoms with van der Waals surface area (Å²) >= 11 is 0. The van der Waals surface area contributed by atoms with Gasteiger partial charge in [0.15, 0.2) is 0 Å². The Labute approximate surface area is 253 Å². The van der Waals surface area contributed by atoms with E-state index >= 15 is 0 Å². The monoisotopic (exact) mass is 591 g/mol. The van der Waals surface area contributed by atoms with Crippen LogP contribution in [-0.4, -0.2) is 80.2 Å². The molecule has 3 aromatic carbocycles. The predicted molar refractivity (Wildman–Crippen MR) is 161 cm³/mol. The first-order valence-electron chi connectivity index (χ1n) is 14.5. The molecular formula is C34H41NO8. The maximum Gasteiger partial charge on any atom is 0.305 e. The highest BCUT2D eigenvalue weighted by Crippen LogP contribution is 2.44. The molecule has 9 heteroatoms. The van der Waals surface area contributed by atoms with Gasteiger partial charge in [0, 0.05) is 18.5 Å². The molecule has 1 amide bonds. The molecule has 1 aliphatic heterocycles. The molecule has 230 valence electrons. The molecule has 1 aliphatic rings. The highest BCUT2D eigenvalue weighted by Gasteiger charge is 2.44. The Morgan fingerprint density at radius 2 is 1.40 bits per heavy atom. The number of methoxy groups -OCH3 is 2. The van der Waals surface area contributed by atoms with Gasteiger partial charge in [-0.1, -0.05) is 61.5 Å². The van der Waals surface area contributed by atoms with Gasteiger partial charge in [0.1, 0.15) is 17.1 Å². The minimum Gasteiger partial charge on any atom is -0.497 e. The summed E-state index contributed by atoms with van der Waals surface area (Å²) in [5, 5.41) is 20.1. The number of amides is 1. The Morgan fingerprint density at radius 1 is 0.860 bits per heavy atom. The van der Waals surface area contributed by atoms with E-state index in [2.05, 4.69) is 0 Å². The predicted octanol–water partition coefficient (Wildman–Crippen LogP) is 4.49. The molecule has 1 saturated heterocycles. The number of aliphatic carboxylic acids is 1. The number of hydrogen-bond acceptors (Lipinski definition) is 7. The van der Waals surface area contributed by atoms with Gasteiger partial charge >= 0.3 is 5.97 Å². The molecule has 0 aliphatic carbocycles. The van der Waals surface area contributed by atoms with Gasteiger partial charge in [0.2, 0.25) is 5.91 Å². The summed E-state index contributed by atoms with van der Waals surface area (Å²) in [5.74, 6) is 0.383. The number of nitrogens with zero attached hydrogens (tertiary/aromatic N) is 1. The second-order valence-corrected chi connectivity index (χ2v) is 11.1. The van der Waals surface area contributed by atoms with Crippen LogP contribution in [0.2, 0.25) is 0 Å². The Morgan fingerprint density at radius 3 is 1.91 bits per heavy atom. The summed E-state index contributed by atoms with van der Waals surface area (Å²) < 4.78 is 23.2. The molecule has 2 unspecified atom stereocenters. The minimum absolute atomic E-state index is 0.0617. The molecule has 3 aromatic rings. The van der Waals surface area contributed by atoms with Crippen LogP contribution in [0.1, 0.15) is 42.9 Å². The molecule has 9 nitrogen and oxygen atoms in total. The van der Waals surface area contributed by atoms with E-state index in [1.807, 2.05) is 85.8 Å². The number of aliphatic hydroxyl groups excluding tert-OH is 1. The van der Waals surface area contributed by atoms with Crippen LogP contribution in [0.25, 0.3) is 0 Å². The van der Waals surface area contributed by atoms with E-state index in [0.717, 1.165) is 28.2 Å². The molecule has 43 heavy (non-hydrogen) atoms. The van der Waals surface area contributed by atoms with E-state index in [1.165, 1.54) is 0 Å². The van der Waals surface area contributed by atoms with Crippen LogP contribution in [0.15, 0.2) is 78.9 Å². The van der Waals surface area contributed by atoms with Crippen LogP contribution in [0.5, 0.6) is 11.5 Å². The van der Waals surface area contributed by atoms with E-state index in [1.54, 1.807) is 19.1 Å². The van der Waals surface area contributed by atoms with Crippen molar-refractivity contribution in [3.05, 3.63) is 95.6 Å². The van der Waals surface area contributed by atoms with Crippen LogP contribution in [0.4, 0.5) is 0 Å². The number of ether oxygens (including phenoxy) is 4. The number of carboxylic acid groups (broad SMARTS) is 1. The lowest BCUT2D eigenvalue weighted by molar-refractivity contribution is -0.146. The number of benzene rings is 3. The van der Waals surface area contributed by atoms with Crippen molar-refractivity contribution in [3.63, 3.8) is 0 Å². The molecule has 4 rings (SSSR count). The van der Waals surface area contributed by atoms with Gasteiger partial charge in [-0.05, 0) is 47.4 Å². The second-order valence-electron chi connectivity index (χ2n) is 11.1. The SMILES string of the molecule is COc1ccc(C(OCC2(C)CCN(C(=O)CCOCCC(=O)O)CC2O)(c2ccccc2)c2ccc(OC)cc2)cc1. The largest absolute Gasteiger partial charge is 0.497 e. The number of carbonyl (C=O) groups is 2. The number of carbonyl (C=O) groups excluding carboxylic acids is 1. The third kappa shape index (κ3) is 7.54. The number of aliphatic hydroxyl groups is 1. The van der Waals surface area contributed by atoms with Gasteiger partial charge in [-0.15, -0.1) is 0 Å². The van der Waals surface area contributed by atoms with Crippen LogP contribution >= 0.6 is 0 Å². The molecular weight excluding hydrogens is 550 g/mol. The topological polar surface area (TPSA) is 115 Å². The molecule has 1 heterocycles. The van der Waals surface area contributed by atoms with E-state index in [0.29, 0.717) is 13.0 Å². The van der Waals surface area contributed by atoms with E-state index in [9.17, 15) is 14.7 Å². The quantitative estimate of drug-likeness (QED) is 0.208. The summed E-state index contributed by atoms with van der Waals surface area (Å²) in [6.45, 7) is 3.06. The van der Waals surface area contributed by atoms with Crippen molar-refractivity contribution >= 4 is 11.9 Å². The fourth-order valence-electron chi connectivity index (χ4n) is 5.40. The van der Waals surface area contributed by atoms with Gasteiger partial charge in [0.05, 0.1) is 53.0 Å². The van der Waals surface area contributed by atoms with Crippen LogP contribution in [0, 0.1) is 5.41 Å². The van der Waals surface area contributed by atoms with Crippen molar-refractivity contribution < 1.29 is 38.7 Å². The molecule has 1 fully saturated rings. The fraction of sp³-hybridized carbons (Fsp3) is 0.412. The van der Waals surface area contributed by atoms with Gasteiger partial charge in [0.25, 0.3) is 0 Å². The number of carboxylic acids is 1. The molecule has 2 N–H and O–H groups in total. The normalized spacial score (nSPS) is 18.7. The lowest BCUT2D eigenvalue weighted by Gasteiger charge is -2.46. The molecule has 0 aromatic heterocycles. The zero-order valence-corrected chi connectivity index (χ0v) is 25.0. The third-order valence-corrected chi connectivity index (χ3v) is 8.22. The van der Waals surface area contributed by atoms with Gasteiger partial charge < -0.3 is 34.1 Å². The Bertz CT molecular complexity index is 1280. The third-order valence-electron chi connectivity index (χ3n) is 8.22. The number of piperidine rings is 1. The maximum absolute atomic E-state index is 12.8. The summed E-state index contributed by atoms with van der Waals surface area (Å²) in [6.07, 6.45) is -0.258.